The normalized spacial score (nSPS) is 16.3. The molecule has 1 aromatic heterocycles. The molecule has 0 bridgehead atoms. The minimum atomic E-state index is -4.06. The number of amides is 1. The molecule has 1 aliphatic rings. The molecule has 10 nitrogen and oxygen atoms in total. The van der Waals surface area contributed by atoms with Gasteiger partial charge in [0.05, 0.1) is 22.9 Å². The number of esters is 1. The number of aryl methyl sites for hydroxylation is 1. The highest BCUT2D eigenvalue weighted by atomic mass is 32.2. The van der Waals surface area contributed by atoms with Crippen molar-refractivity contribution < 1.29 is 27.2 Å². The molecule has 0 radical (unpaired) electrons. The van der Waals surface area contributed by atoms with Gasteiger partial charge in [-0.3, -0.25) is 14.2 Å². The number of piperidine rings is 1. The van der Waals surface area contributed by atoms with Crippen molar-refractivity contribution in [2.75, 3.05) is 19.7 Å². The summed E-state index contributed by atoms with van der Waals surface area (Å²) in [5.74, 6) is -1.35. The van der Waals surface area contributed by atoms with Crippen LogP contribution in [0.3, 0.4) is 0 Å². The number of rotatable bonds is 8. The van der Waals surface area contributed by atoms with Crippen LogP contribution in [0.1, 0.15) is 40.0 Å². The lowest BCUT2D eigenvalue weighted by molar-refractivity contribution is -0.151. The highest BCUT2D eigenvalue weighted by Crippen LogP contribution is 2.22. The summed E-state index contributed by atoms with van der Waals surface area (Å²) in [5.41, 5.74) is 0.622. The van der Waals surface area contributed by atoms with Crippen LogP contribution in [0, 0.1) is 11.8 Å². The Labute approximate surface area is 192 Å². The van der Waals surface area contributed by atoms with E-state index in [9.17, 15) is 22.8 Å². The Kier molecular flexibility index (Phi) is 7.63. The fourth-order valence-electron chi connectivity index (χ4n) is 4.02. The predicted octanol–water partition coefficient (Wildman–Crippen LogP) is 1.63. The maximum absolute atomic E-state index is 13.2. The number of carbonyl (C=O) groups excluding carboxylic acids is 2. The van der Waals surface area contributed by atoms with E-state index in [1.807, 2.05) is 13.8 Å². The fraction of sp³-hybridized carbons (Fsp3) is 0.591. The Bertz CT molecular complexity index is 1170. The number of nitrogens with one attached hydrogen (secondary N) is 1. The summed E-state index contributed by atoms with van der Waals surface area (Å²) in [6.45, 7) is 6.61. The Hall–Kier alpha value is -2.66. The number of nitrogens with zero attached hydrogens (tertiary/aromatic N) is 2. The minimum Gasteiger partial charge on any atom is -0.466 e. The summed E-state index contributed by atoms with van der Waals surface area (Å²) in [6.07, 6.45) is 1.28. The molecule has 33 heavy (non-hydrogen) atoms. The van der Waals surface area contributed by atoms with Crippen LogP contribution >= 0.6 is 0 Å². The zero-order chi connectivity index (χ0) is 24.3. The van der Waals surface area contributed by atoms with Crippen LogP contribution in [0.15, 0.2) is 32.3 Å². The standard InChI is InChI=1S/C22H31N3O7S/c1-5-31-21(27)15-8-10-25(11-9-15)20(26)17(12-14(2)3)23-33(29,30)16-6-7-18-19(13-16)32-22(28)24(18)4/h6-7,13-15,17,23H,5,8-12H2,1-4H3. The average molecular weight is 482 g/mol. The van der Waals surface area contributed by atoms with E-state index in [1.165, 1.54) is 29.8 Å². The highest BCUT2D eigenvalue weighted by Gasteiger charge is 2.34. The van der Waals surface area contributed by atoms with Gasteiger partial charge in [0.1, 0.15) is 6.04 Å². The maximum atomic E-state index is 13.2. The molecule has 1 unspecified atom stereocenters. The summed E-state index contributed by atoms with van der Waals surface area (Å²) < 4.78 is 40.2. The van der Waals surface area contributed by atoms with Crippen molar-refractivity contribution in [2.24, 2.45) is 18.9 Å². The number of hydrogen-bond acceptors (Lipinski definition) is 7. The molecule has 1 atom stereocenters. The molecule has 11 heteroatoms. The lowest BCUT2D eigenvalue weighted by Crippen LogP contribution is -2.51. The predicted molar refractivity (Wildman–Crippen MR) is 121 cm³/mol. The summed E-state index contributed by atoms with van der Waals surface area (Å²) in [6, 6.07) is 3.20. The van der Waals surface area contributed by atoms with Gasteiger partial charge in [-0.05, 0) is 44.2 Å². The number of benzene rings is 1. The number of fused-ring (bicyclic) bond motifs is 1. The van der Waals surface area contributed by atoms with Crippen molar-refractivity contribution >= 4 is 33.0 Å². The Balaban J connectivity index is 1.76. The highest BCUT2D eigenvalue weighted by molar-refractivity contribution is 7.89. The van der Waals surface area contributed by atoms with Crippen LogP contribution in [0.4, 0.5) is 0 Å². The topological polar surface area (TPSA) is 128 Å². The molecule has 1 amide bonds. The number of sulfonamides is 1. The third kappa shape index (κ3) is 5.64. The summed E-state index contributed by atoms with van der Waals surface area (Å²) in [7, 11) is -2.53. The van der Waals surface area contributed by atoms with Gasteiger partial charge in [0, 0.05) is 26.2 Å². The Morgan fingerprint density at radius 2 is 1.91 bits per heavy atom. The first kappa shape index (κ1) is 25.0. The van der Waals surface area contributed by atoms with Crippen LogP contribution < -0.4 is 10.5 Å². The first-order valence-electron chi connectivity index (χ1n) is 11.1. The zero-order valence-corrected chi connectivity index (χ0v) is 20.2. The van der Waals surface area contributed by atoms with Gasteiger partial charge in [0.25, 0.3) is 0 Å². The fourth-order valence-corrected chi connectivity index (χ4v) is 5.24. The van der Waals surface area contributed by atoms with E-state index in [2.05, 4.69) is 4.72 Å². The third-order valence-electron chi connectivity index (χ3n) is 5.80. The molecule has 1 aliphatic heterocycles. The van der Waals surface area contributed by atoms with E-state index in [4.69, 9.17) is 9.15 Å². The van der Waals surface area contributed by atoms with Gasteiger partial charge < -0.3 is 14.1 Å². The van der Waals surface area contributed by atoms with Crippen molar-refractivity contribution in [1.82, 2.24) is 14.2 Å². The molecule has 2 heterocycles. The molecule has 2 aromatic rings. The molecule has 0 saturated carbocycles. The van der Waals surface area contributed by atoms with Crippen LogP contribution in [0.25, 0.3) is 11.1 Å². The molecule has 1 N–H and O–H groups in total. The zero-order valence-electron chi connectivity index (χ0n) is 19.4. The number of oxazole rings is 1. The quantitative estimate of drug-likeness (QED) is 0.568. The molecule has 3 rings (SSSR count). The van der Waals surface area contributed by atoms with Gasteiger partial charge in [-0.1, -0.05) is 13.8 Å². The van der Waals surface area contributed by atoms with E-state index in [1.54, 1.807) is 11.8 Å². The van der Waals surface area contributed by atoms with Crippen molar-refractivity contribution in [3.05, 3.63) is 28.7 Å². The Morgan fingerprint density at radius 3 is 2.52 bits per heavy atom. The number of carbonyl (C=O) groups is 2. The summed E-state index contributed by atoms with van der Waals surface area (Å²) in [4.78, 5) is 38.4. The SMILES string of the molecule is CCOC(=O)C1CCN(C(=O)C(CC(C)C)NS(=O)(=O)c2ccc3c(c2)oc(=O)n3C)CC1. The van der Waals surface area contributed by atoms with Crippen molar-refractivity contribution in [1.29, 1.82) is 0 Å². The first-order chi connectivity index (χ1) is 15.5. The molecule has 1 fully saturated rings. The smallest absolute Gasteiger partial charge is 0.419 e. The van der Waals surface area contributed by atoms with Gasteiger partial charge in [0.2, 0.25) is 15.9 Å². The van der Waals surface area contributed by atoms with Gasteiger partial charge in [-0.2, -0.15) is 4.72 Å². The molecular formula is C22H31N3O7S. The van der Waals surface area contributed by atoms with Crippen molar-refractivity contribution in [3.63, 3.8) is 0 Å². The van der Waals surface area contributed by atoms with E-state index in [0.29, 0.717) is 44.5 Å². The van der Waals surface area contributed by atoms with E-state index in [-0.39, 0.29) is 34.2 Å². The first-order valence-corrected chi connectivity index (χ1v) is 12.6. The lowest BCUT2D eigenvalue weighted by Gasteiger charge is -2.34. The van der Waals surface area contributed by atoms with Crippen LogP contribution in [0.5, 0.6) is 0 Å². The molecule has 0 aliphatic carbocycles. The molecular weight excluding hydrogens is 450 g/mol. The average Bonchev–Trinajstić information content (AvgIpc) is 3.05. The number of hydrogen-bond donors (Lipinski definition) is 1. The van der Waals surface area contributed by atoms with E-state index >= 15 is 0 Å². The van der Waals surface area contributed by atoms with Crippen LogP contribution in [0.2, 0.25) is 0 Å². The second-order valence-corrected chi connectivity index (χ2v) is 10.4. The second-order valence-electron chi connectivity index (χ2n) is 8.71. The monoisotopic (exact) mass is 481 g/mol. The van der Waals surface area contributed by atoms with Crippen LogP contribution in [-0.2, 0) is 31.4 Å². The van der Waals surface area contributed by atoms with E-state index < -0.39 is 21.8 Å². The van der Waals surface area contributed by atoms with Gasteiger partial charge in [0.15, 0.2) is 5.58 Å². The van der Waals surface area contributed by atoms with Gasteiger partial charge in [-0.15, -0.1) is 0 Å². The van der Waals surface area contributed by atoms with E-state index in [0.717, 1.165) is 0 Å². The number of aromatic nitrogens is 1. The third-order valence-corrected chi connectivity index (χ3v) is 7.27. The van der Waals surface area contributed by atoms with Gasteiger partial charge >= 0.3 is 11.7 Å². The summed E-state index contributed by atoms with van der Waals surface area (Å²) in [5, 5.41) is 0. The second kappa shape index (κ2) is 10.1. The largest absolute Gasteiger partial charge is 0.466 e. The molecule has 1 saturated heterocycles. The molecule has 0 spiro atoms. The summed E-state index contributed by atoms with van der Waals surface area (Å²) >= 11 is 0. The van der Waals surface area contributed by atoms with Crippen molar-refractivity contribution in [3.8, 4) is 0 Å². The molecule has 1 aromatic carbocycles. The minimum absolute atomic E-state index is 0.0633. The Morgan fingerprint density at radius 1 is 1.24 bits per heavy atom. The van der Waals surface area contributed by atoms with Crippen LogP contribution in [-0.4, -0.2) is 55.5 Å². The number of likely N-dealkylation sites (tertiary alicyclic amines) is 1. The molecule has 182 valence electrons. The van der Waals surface area contributed by atoms with Crippen molar-refractivity contribution in [2.45, 2.75) is 51.0 Å². The van der Waals surface area contributed by atoms with Gasteiger partial charge in [-0.25, -0.2) is 13.2 Å². The number of ether oxygens (including phenoxy) is 1. The lowest BCUT2D eigenvalue weighted by atomic mass is 9.95. The maximum Gasteiger partial charge on any atom is 0.419 e.